The largest absolute Gasteiger partial charge is 0.335 e. The zero-order valence-electron chi connectivity index (χ0n) is 16.8. The molecule has 6 nitrogen and oxygen atoms in total. The molecule has 0 saturated heterocycles. The summed E-state index contributed by atoms with van der Waals surface area (Å²) in [6.07, 6.45) is 2.64. The summed E-state index contributed by atoms with van der Waals surface area (Å²) >= 11 is 1.79. The van der Waals surface area contributed by atoms with Crippen LogP contribution >= 0.6 is 11.3 Å². The molecule has 0 bridgehead atoms. The van der Waals surface area contributed by atoms with Crippen LogP contribution in [0.1, 0.15) is 53.1 Å². The Morgan fingerprint density at radius 1 is 1.39 bits per heavy atom. The third-order valence-electron chi connectivity index (χ3n) is 5.95. The summed E-state index contributed by atoms with van der Waals surface area (Å²) < 4.78 is 1.70. The number of rotatable bonds is 4. The highest BCUT2D eigenvalue weighted by atomic mass is 32.1. The monoisotopic (exact) mass is 398 g/mol. The maximum Gasteiger partial charge on any atom is 0.253 e. The molecule has 4 rings (SSSR count). The van der Waals surface area contributed by atoms with Gasteiger partial charge in [0.25, 0.3) is 5.56 Å². The molecule has 1 atom stereocenters. The van der Waals surface area contributed by atoms with Crippen LogP contribution in [0.2, 0.25) is 0 Å². The quantitative estimate of drug-likeness (QED) is 0.732. The van der Waals surface area contributed by atoms with Gasteiger partial charge in [0.1, 0.15) is 5.65 Å². The molecule has 0 saturated carbocycles. The highest BCUT2D eigenvalue weighted by molar-refractivity contribution is 7.10. The zero-order chi connectivity index (χ0) is 20.0. The molecule has 0 radical (unpaired) electrons. The van der Waals surface area contributed by atoms with Gasteiger partial charge in [-0.3, -0.25) is 14.3 Å². The number of nitrogens with zero attached hydrogens (tertiary/aromatic N) is 3. The maximum atomic E-state index is 13.0. The number of carbonyl (C=O) groups excluding carboxylic acids is 1. The molecule has 0 aliphatic carbocycles. The number of aromatic amines is 1. The molecular formula is C21H26N4O2S. The van der Waals surface area contributed by atoms with Gasteiger partial charge in [-0.05, 0) is 55.7 Å². The van der Waals surface area contributed by atoms with E-state index >= 15 is 0 Å². The van der Waals surface area contributed by atoms with Crippen LogP contribution in [0.3, 0.4) is 0 Å². The van der Waals surface area contributed by atoms with Crippen LogP contribution in [0.15, 0.2) is 16.2 Å². The first-order valence-electron chi connectivity index (χ1n) is 9.83. The molecule has 7 heteroatoms. The van der Waals surface area contributed by atoms with Gasteiger partial charge in [-0.25, -0.2) is 0 Å². The molecule has 0 fully saturated rings. The number of fused-ring (bicyclic) bond motifs is 2. The molecule has 1 N–H and O–H groups in total. The molecule has 1 aliphatic heterocycles. The van der Waals surface area contributed by atoms with E-state index in [1.54, 1.807) is 16.0 Å². The first-order chi connectivity index (χ1) is 13.4. The van der Waals surface area contributed by atoms with Crippen LogP contribution in [-0.2, 0) is 24.7 Å². The smallest absolute Gasteiger partial charge is 0.253 e. The third-order valence-corrected chi connectivity index (χ3v) is 6.94. The molecule has 1 amide bonds. The van der Waals surface area contributed by atoms with Gasteiger partial charge in [-0.2, -0.15) is 5.10 Å². The number of carbonyl (C=O) groups is 1. The Hall–Kier alpha value is -2.41. The predicted octanol–water partition coefficient (Wildman–Crippen LogP) is 3.41. The van der Waals surface area contributed by atoms with Crippen LogP contribution in [0.25, 0.3) is 11.0 Å². The van der Waals surface area contributed by atoms with E-state index in [0.717, 1.165) is 41.7 Å². The number of amides is 1. The van der Waals surface area contributed by atoms with Gasteiger partial charge in [-0.1, -0.05) is 6.92 Å². The lowest BCUT2D eigenvalue weighted by atomic mass is 9.96. The van der Waals surface area contributed by atoms with Crippen LogP contribution in [0, 0.1) is 13.8 Å². The van der Waals surface area contributed by atoms with Gasteiger partial charge in [0.15, 0.2) is 0 Å². The first-order valence-corrected chi connectivity index (χ1v) is 10.7. The second-order valence-corrected chi connectivity index (χ2v) is 8.55. The highest BCUT2D eigenvalue weighted by Gasteiger charge is 2.30. The van der Waals surface area contributed by atoms with Gasteiger partial charge in [0.2, 0.25) is 5.91 Å². The fraction of sp³-hybridized carbons (Fsp3) is 0.476. The van der Waals surface area contributed by atoms with Crippen LogP contribution < -0.4 is 5.56 Å². The lowest BCUT2D eigenvalue weighted by Crippen LogP contribution is -2.39. The Kier molecular flexibility index (Phi) is 4.87. The van der Waals surface area contributed by atoms with Crippen molar-refractivity contribution < 1.29 is 4.79 Å². The van der Waals surface area contributed by atoms with E-state index in [4.69, 9.17) is 0 Å². The van der Waals surface area contributed by atoms with Crippen molar-refractivity contribution in [2.75, 3.05) is 6.54 Å². The molecular weight excluding hydrogens is 372 g/mol. The first kappa shape index (κ1) is 18.9. The van der Waals surface area contributed by atoms with Gasteiger partial charge in [0, 0.05) is 35.8 Å². The Labute approximate surface area is 168 Å². The lowest BCUT2D eigenvalue weighted by Gasteiger charge is -2.35. The standard InChI is InChI=1S/C21H26N4O2S/c1-5-16-15-9-11-28-17(15)8-10-25(16)18(26)7-6-14-12(2)19-13(3)23-24(4)20(19)22-21(14)27/h9,11,16H,5-8,10H2,1-4H3,(H,22,27)/t16-/m0/s1. The Balaban J connectivity index is 1.57. The van der Waals surface area contributed by atoms with Crippen molar-refractivity contribution in [3.63, 3.8) is 0 Å². The van der Waals surface area contributed by atoms with E-state index < -0.39 is 0 Å². The number of H-pyrrole nitrogens is 1. The molecule has 0 spiro atoms. The molecule has 28 heavy (non-hydrogen) atoms. The van der Waals surface area contributed by atoms with E-state index in [0.29, 0.717) is 18.4 Å². The number of aryl methyl sites for hydroxylation is 3. The van der Waals surface area contributed by atoms with Gasteiger partial charge in [-0.15, -0.1) is 11.3 Å². The van der Waals surface area contributed by atoms with E-state index in [1.165, 1.54) is 10.4 Å². The third kappa shape index (κ3) is 2.98. The van der Waals surface area contributed by atoms with Crippen molar-refractivity contribution in [2.45, 2.75) is 52.5 Å². The Bertz CT molecular complexity index is 1110. The lowest BCUT2D eigenvalue weighted by molar-refractivity contribution is -0.134. The van der Waals surface area contributed by atoms with Crippen LogP contribution in [0.4, 0.5) is 0 Å². The van der Waals surface area contributed by atoms with Crippen molar-refractivity contribution in [2.24, 2.45) is 7.05 Å². The van der Waals surface area contributed by atoms with Crippen molar-refractivity contribution in [1.29, 1.82) is 0 Å². The average molecular weight is 399 g/mol. The summed E-state index contributed by atoms with van der Waals surface area (Å²) in [7, 11) is 1.83. The second kappa shape index (κ2) is 7.20. The molecule has 1 aliphatic rings. The SMILES string of the molecule is CC[C@H]1c2ccsc2CCN1C(=O)CCc1c(C)c2c(C)nn(C)c2[nH]c1=O. The number of nitrogens with one attached hydrogen (secondary N) is 1. The fourth-order valence-electron chi connectivity index (χ4n) is 4.57. The minimum atomic E-state index is -0.119. The number of hydrogen-bond acceptors (Lipinski definition) is 4. The molecule has 3 aromatic rings. The molecule has 148 valence electrons. The summed E-state index contributed by atoms with van der Waals surface area (Å²) in [6.45, 7) is 6.80. The maximum absolute atomic E-state index is 13.0. The topological polar surface area (TPSA) is 71.0 Å². The second-order valence-electron chi connectivity index (χ2n) is 7.55. The Morgan fingerprint density at radius 3 is 2.93 bits per heavy atom. The predicted molar refractivity (Wildman–Crippen MR) is 112 cm³/mol. The Morgan fingerprint density at radius 2 is 2.18 bits per heavy atom. The van der Waals surface area contributed by atoms with E-state index in [9.17, 15) is 9.59 Å². The highest BCUT2D eigenvalue weighted by Crippen LogP contribution is 2.35. The number of pyridine rings is 1. The number of aromatic nitrogens is 3. The number of thiophene rings is 1. The summed E-state index contributed by atoms with van der Waals surface area (Å²) in [5.74, 6) is 0.130. The van der Waals surface area contributed by atoms with E-state index in [1.807, 2.05) is 25.8 Å². The molecule has 4 heterocycles. The van der Waals surface area contributed by atoms with Crippen molar-refractivity contribution in [1.82, 2.24) is 19.7 Å². The van der Waals surface area contributed by atoms with Crippen molar-refractivity contribution in [3.8, 4) is 0 Å². The van der Waals surface area contributed by atoms with Crippen LogP contribution in [0.5, 0.6) is 0 Å². The normalized spacial score (nSPS) is 16.6. The molecule has 3 aromatic heterocycles. The van der Waals surface area contributed by atoms with Gasteiger partial charge < -0.3 is 9.88 Å². The van der Waals surface area contributed by atoms with Crippen LogP contribution in [-0.4, -0.2) is 32.1 Å². The van der Waals surface area contributed by atoms with Gasteiger partial charge in [0.05, 0.1) is 11.7 Å². The van der Waals surface area contributed by atoms with E-state index in [2.05, 4.69) is 28.5 Å². The number of hydrogen-bond donors (Lipinski definition) is 1. The fourth-order valence-corrected chi connectivity index (χ4v) is 5.49. The summed E-state index contributed by atoms with van der Waals surface area (Å²) in [5, 5.41) is 7.52. The summed E-state index contributed by atoms with van der Waals surface area (Å²) in [6, 6.07) is 2.31. The zero-order valence-corrected chi connectivity index (χ0v) is 17.7. The molecule has 0 unspecified atom stereocenters. The minimum Gasteiger partial charge on any atom is -0.335 e. The molecule has 0 aromatic carbocycles. The van der Waals surface area contributed by atoms with Crippen molar-refractivity contribution in [3.05, 3.63) is 49.1 Å². The average Bonchev–Trinajstić information content (AvgIpc) is 3.24. The van der Waals surface area contributed by atoms with E-state index in [-0.39, 0.29) is 17.5 Å². The van der Waals surface area contributed by atoms with Crippen molar-refractivity contribution >= 4 is 28.3 Å². The van der Waals surface area contributed by atoms with Gasteiger partial charge >= 0.3 is 0 Å². The minimum absolute atomic E-state index is 0.119. The summed E-state index contributed by atoms with van der Waals surface area (Å²) in [5.41, 5.74) is 4.44. The summed E-state index contributed by atoms with van der Waals surface area (Å²) in [4.78, 5) is 32.0.